The van der Waals surface area contributed by atoms with Crippen molar-refractivity contribution >= 4 is 45.2 Å². The molecule has 322 valence electrons. The Hall–Kier alpha value is -8.66. The lowest BCUT2D eigenvalue weighted by molar-refractivity contribution is 1.04. The second-order valence-corrected chi connectivity index (χ2v) is 18.1. The fourth-order valence-electron chi connectivity index (χ4n) is 10.8. The van der Waals surface area contributed by atoms with Gasteiger partial charge in [0.2, 0.25) is 0 Å². The second kappa shape index (κ2) is 16.6. The first-order chi connectivity index (χ1) is 33.7. The molecule has 1 aromatic heterocycles. The summed E-state index contributed by atoms with van der Waals surface area (Å²) in [5, 5.41) is 1.35. The largest absolute Gasteiger partial charge is 0.310 e. The Morgan fingerprint density at radius 2 is 0.853 bits per heavy atom. The van der Waals surface area contributed by atoms with Crippen molar-refractivity contribution in [2.24, 2.45) is 0 Å². The third-order valence-corrected chi connectivity index (χ3v) is 14.1. The molecule has 10 aromatic carbocycles. The third kappa shape index (κ3) is 6.91. The zero-order chi connectivity index (χ0) is 45.0. The maximum absolute atomic E-state index is 2.54. The van der Waals surface area contributed by atoms with Crippen molar-refractivity contribution in [3.63, 3.8) is 0 Å². The van der Waals surface area contributed by atoms with Gasteiger partial charge >= 0.3 is 0 Å². The van der Waals surface area contributed by atoms with E-state index in [9.17, 15) is 0 Å². The topological polar surface area (TPSA) is 11.4 Å². The van der Waals surface area contributed by atoms with Crippen LogP contribution in [0.5, 0.6) is 0 Å². The van der Waals surface area contributed by atoms with Gasteiger partial charge in [-0.15, -0.1) is 0 Å². The van der Waals surface area contributed by atoms with Crippen molar-refractivity contribution in [3.8, 4) is 50.2 Å². The molecule has 1 aliphatic heterocycles. The fraction of sp³-hybridized carbons (Fsp3) is 0.0462. The van der Waals surface area contributed by atoms with Crippen LogP contribution in [-0.4, -0.2) is 4.57 Å². The number of rotatable bonds is 9. The summed E-state index contributed by atoms with van der Waals surface area (Å²) in [6, 6.07) is 95.1. The number of nitrogens with zero attached hydrogens (tertiary/aromatic N) is 3. The molecular formula is C65H47N3. The zero-order valence-corrected chi connectivity index (χ0v) is 37.5. The van der Waals surface area contributed by atoms with Crippen LogP contribution in [0.2, 0.25) is 0 Å². The van der Waals surface area contributed by atoms with Crippen LogP contribution in [0.4, 0.5) is 34.3 Å². The van der Waals surface area contributed by atoms with Gasteiger partial charge in [-0.1, -0.05) is 188 Å². The quantitative estimate of drug-likeness (QED) is 0.143. The Kier molecular flexibility index (Phi) is 9.72. The van der Waals surface area contributed by atoms with Crippen LogP contribution in [0.25, 0.3) is 61.1 Å². The minimum absolute atomic E-state index is 0.466. The van der Waals surface area contributed by atoms with Crippen LogP contribution in [0, 0.1) is 0 Å². The van der Waals surface area contributed by atoms with E-state index < -0.39 is 0 Å². The van der Waals surface area contributed by atoms with Crippen molar-refractivity contribution in [1.29, 1.82) is 0 Å². The Bertz CT molecular complexity index is 3580. The molecule has 2 unspecified atom stereocenters. The first-order valence-electron chi connectivity index (χ1n) is 23.7. The van der Waals surface area contributed by atoms with E-state index in [2.05, 4.69) is 275 Å². The number of hydrogen-bond acceptors (Lipinski definition) is 2. The molecule has 0 saturated heterocycles. The summed E-state index contributed by atoms with van der Waals surface area (Å²) >= 11 is 0. The summed E-state index contributed by atoms with van der Waals surface area (Å²) in [4.78, 5) is 4.90. The summed E-state index contributed by atoms with van der Waals surface area (Å²) in [5.41, 5.74) is 20.6. The molecule has 3 heteroatoms. The molecule has 13 rings (SSSR count). The van der Waals surface area contributed by atoms with Gasteiger partial charge in [0.15, 0.2) is 0 Å². The van der Waals surface area contributed by atoms with Crippen LogP contribution in [-0.2, 0) is 0 Å². The summed E-state index contributed by atoms with van der Waals surface area (Å²) in [6.07, 6.45) is 1.16. The van der Waals surface area contributed by atoms with Crippen LogP contribution < -0.4 is 9.80 Å². The van der Waals surface area contributed by atoms with Crippen LogP contribution in [0.1, 0.15) is 29.4 Å². The van der Waals surface area contributed by atoms with Gasteiger partial charge in [0, 0.05) is 39.4 Å². The summed E-state index contributed by atoms with van der Waals surface area (Å²) in [6.45, 7) is 0. The minimum atomic E-state index is 0.466. The van der Waals surface area contributed by atoms with Crippen molar-refractivity contribution in [3.05, 3.63) is 272 Å². The smallest absolute Gasteiger partial charge is 0.127 e. The van der Waals surface area contributed by atoms with Gasteiger partial charge in [0.05, 0.1) is 11.2 Å². The molecule has 1 fully saturated rings. The average molecular weight is 870 g/mol. The molecule has 0 amide bonds. The second-order valence-electron chi connectivity index (χ2n) is 18.1. The molecule has 1 saturated carbocycles. The number of para-hydroxylation sites is 4. The molecule has 2 atom stereocenters. The van der Waals surface area contributed by atoms with Crippen molar-refractivity contribution in [2.75, 3.05) is 9.80 Å². The monoisotopic (exact) mass is 869 g/mol. The Morgan fingerprint density at radius 3 is 1.54 bits per heavy atom. The van der Waals surface area contributed by atoms with Gasteiger partial charge in [0.1, 0.15) is 5.82 Å². The van der Waals surface area contributed by atoms with E-state index in [0.29, 0.717) is 11.8 Å². The molecule has 0 radical (unpaired) electrons. The van der Waals surface area contributed by atoms with E-state index in [1.54, 1.807) is 0 Å². The van der Waals surface area contributed by atoms with E-state index in [1.807, 2.05) is 0 Å². The number of fused-ring (bicyclic) bond motifs is 7. The van der Waals surface area contributed by atoms with E-state index in [4.69, 9.17) is 0 Å². The molecule has 68 heavy (non-hydrogen) atoms. The van der Waals surface area contributed by atoms with Crippen LogP contribution in [0.15, 0.2) is 261 Å². The number of anilines is 6. The molecule has 11 aromatic rings. The maximum atomic E-state index is 2.54. The van der Waals surface area contributed by atoms with Gasteiger partial charge in [0.25, 0.3) is 0 Å². The number of benzene rings is 10. The highest BCUT2D eigenvalue weighted by Gasteiger charge is 2.48. The maximum Gasteiger partial charge on any atom is 0.127 e. The van der Waals surface area contributed by atoms with Crippen molar-refractivity contribution in [1.82, 2.24) is 4.57 Å². The van der Waals surface area contributed by atoms with Crippen LogP contribution in [0.3, 0.4) is 0 Å². The van der Waals surface area contributed by atoms with Crippen molar-refractivity contribution < 1.29 is 0 Å². The fourth-order valence-corrected chi connectivity index (χ4v) is 10.8. The zero-order valence-electron chi connectivity index (χ0n) is 37.5. The SMILES string of the molecule is c1ccc(-c2ccccc2-c2ccc(N(c3ccccc3)c3cccc(-c4ccc(-c5ccc6c(c5)N(c5ccccc5)c5c(c7ccccc7n5-c5ccccc5)C5CC65)cc4)c3)cc2)cc1. The predicted molar refractivity (Wildman–Crippen MR) is 284 cm³/mol. The Morgan fingerprint density at radius 1 is 0.353 bits per heavy atom. The highest BCUT2D eigenvalue weighted by Crippen LogP contribution is 2.65. The Balaban J connectivity index is 0.859. The van der Waals surface area contributed by atoms with Crippen LogP contribution >= 0.6 is 0 Å². The highest BCUT2D eigenvalue weighted by atomic mass is 15.3. The normalized spacial score (nSPS) is 14.7. The van der Waals surface area contributed by atoms with E-state index in [1.165, 1.54) is 83.7 Å². The molecule has 0 N–H and O–H groups in total. The number of aromatic nitrogens is 1. The Labute approximate surface area is 398 Å². The molecule has 2 aliphatic rings. The summed E-state index contributed by atoms with van der Waals surface area (Å²) < 4.78 is 2.50. The van der Waals surface area contributed by atoms with E-state index in [0.717, 1.165) is 29.2 Å². The van der Waals surface area contributed by atoms with E-state index in [-0.39, 0.29) is 0 Å². The summed E-state index contributed by atoms with van der Waals surface area (Å²) in [7, 11) is 0. The molecule has 1 aliphatic carbocycles. The summed E-state index contributed by atoms with van der Waals surface area (Å²) in [5.74, 6) is 2.19. The van der Waals surface area contributed by atoms with E-state index >= 15 is 0 Å². The molecule has 0 bridgehead atoms. The van der Waals surface area contributed by atoms with Gasteiger partial charge in [-0.25, -0.2) is 0 Å². The highest BCUT2D eigenvalue weighted by molar-refractivity contribution is 5.99. The standard InChI is InChI=1S/C65H47N3/c1-5-18-47(19-6-1)56-28-13-14-29-57(56)48-36-39-54(40-37-48)66(51-21-7-2-8-22-51)55-27-17-20-49(42-55)45-32-34-46(35-33-45)50-38-41-58-60-44-61(60)64-59-30-15-16-31-62(59)67(52-23-9-3-10-24-52)65(64)68(63(58)43-50)53-25-11-4-12-26-53/h1-43,60-61H,44H2. The molecule has 3 nitrogen and oxygen atoms in total. The molecular weight excluding hydrogens is 823 g/mol. The van der Waals surface area contributed by atoms with Gasteiger partial charge in [-0.2, -0.15) is 0 Å². The molecule has 0 spiro atoms. The minimum Gasteiger partial charge on any atom is -0.310 e. The average Bonchev–Trinajstić information content (AvgIpc) is 4.15. The first-order valence-corrected chi connectivity index (χ1v) is 23.7. The van der Waals surface area contributed by atoms with Gasteiger partial charge in [-0.05, 0) is 141 Å². The lowest BCUT2D eigenvalue weighted by Crippen LogP contribution is -2.16. The van der Waals surface area contributed by atoms with Gasteiger partial charge < -0.3 is 4.90 Å². The lowest BCUT2D eigenvalue weighted by atomic mass is 9.94. The van der Waals surface area contributed by atoms with Gasteiger partial charge in [-0.3, -0.25) is 9.47 Å². The van der Waals surface area contributed by atoms with Crippen molar-refractivity contribution in [2.45, 2.75) is 18.3 Å². The molecule has 2 heterocycles. The lowest BCUT2D eigenvalue weighted by Gasteiger charge is -2.29. The first kappa shape index (κ1) is 39.7. The number of hydrogen-bond donors (Lipinski definition) is 0. The predicted octanol–water partition coefficient (Wildman–Crippen LogP) is 17.8. The third-order valence-electron chi connectivity index (χ3n) is 14.1.